The van der Waals surface area contributed by atoms with Gasteiger partial charge >= 0.3 is 6.18 Å². The maximum Gasteiger partial charge on any atom is 0.416 e. The molecular formula is C20H19F3N4O2. The third kappa shape index (κ3) is 4.56. The van der Waals surface area contributed by atoms with Gasteiger partial charge in [-0.05, 0) is 42.8 Å². The summed E-state index contributed by atoms with van der Waals surface area (Å²) in [7, 11) is 0. The molecule has 0 unspecified atom stereocenters. The number of anilines is 1. The molecule has 0 bridgehead atoms. The summed E-state index contributed by atoms with van der Waals surface area (Å²) in [5.74, 6) is -1.03. The second-order valence-corrected chi connectivity index (χ2v) is 6.38. The summed E-state index contributed by atoms with van der Waals surface area (Å²) in [6.45, 7) is 2.47. The molecule has 0 aliphatic heterocycles. The fourth-order valence-electron chi connectivity index (χ4n) is 2.75. The number of amides is 2. The Balaban J connectivity index is 1.88. The maximum atomic E-state index is 12.7. The van der Waals surface area contributed by atoms with Crippen LogP contribution in [-0.2, 0) is 6.18 Å². The number of fused-ring (bicyclic) bond motifs is 1. The Morgan fingerprint density at radius 1 is 1.07 bits per heavy atom. The topological polar surface area (TPSA) is 75.5 Å². The number of nitrogens with one attached hydrogen (secondary N) is 2. The molecule has 1 aromatic carbocycles. The molecule has 3 rings (SSSR count). The van der Waals surface area contributed by atoms with Gasteiger partial charge in [-0.1, -0.05) is 19.4 Å². The van der Waals surface area contributed by atoms with E-state index >= 15 is 0 Å². The van der Waals surface area contributed by atoms with E-state index in [4.69, 9.17) is 0 Å². The van der Waals surface area contributed by atoms with Gasteiger partial charge in [0, 0.05) is 18.3 Å². The van der Waals surface area contributed by atoms with Crippen LogP contribution in [0.25, 0.3) is 5.65 Å². The van der Waals surface area contributed by atoms with E-state index in [2.05, 4.69) is 15.6 Å². The van der Waals surface area contributed by atoms with Gasteiger partial charge in [0.15, 0.2) is 11.5 Å². The highest BCUT2D eigenvalue weighted by molar-refractivity contribution is 6.08. The average Bonchev–Trinajstić information content (AvgIpc) is 3.05. The smallest absolute Gasteiger partial charge is 0.351 e. The first-order chi connectivity index (χ1) is 13.8. The first-order valence-corrected chi connectivity index (χ1v) is 9.05. The van der Waals surface area contributed by atoms with Gasteiger partial charge in [0.05, 0.1) is 5.56 Å². The standard InChI is InChI=1S/C20H19F3N4O2/c1-2-3-11-24-19(29)16-17(25-15-6-4-5-12-27(15)16)26-18(28)13-7-9-14(10-8-13)20(21,22)23/h4-10,12H,2-3,11H2,1H3,(H,24,29)(H,26,28). The number of imidazole rings is 1. The molecule has 2 amide bonds. The van der Waals surface area contributed by atoms with Crippen LogP contribution in [0.15, 0.2) is 48.7 Å². The fraction of sp³-hybridized carbons (Fsp3) is 0.250. The number of alkyl halides is 3. The normalized spacial score (nSPS) is 11.4. The number of pyridine rings is 1. The number of halogens is 3. The van der Waals surface area contributed by atoms with Crippen molar-refractivity contribution in [1.29, 1.82) is 0 Å². The van der Waals surface area contributed by atoms with Crippen molar-refractivity contribution in [2.45, 2.75) is 25.9 Å². The van der Waals surface area contributed by atoms with Crippen LogP contribution in [0.5, 0.6) is 0 Å². The molecule has 29 heavy (non-hydrogen) atoms. The molecule has 3 aromatic rings. The second kappa shape index (κ2) is 8.34. The van der Waals surface area contributed by atoms with E-state index < -0.39 is 23.6 Å². The highest BCUT2D eigenvalue weighted by Crippen LogP contribution is 2.29. The Kier molecular flexibility index (Phi) is 5.86. The first kappa shape index (κ1) is 20.4. The van der Waals surface area contributed by atoms with Crippen molar-refractivity contribution in [2.24, 2.45) is 0 Å². The minimum absolute atomic E-state index is 0.0207. The van der Waals surface area contributed by atoms with Crippen molar-refractivity contribution in [3.63, 3.8) is 0 Å². The fourth-order valence-corrected chi connectivity index (χ4v) is 2.75. The molecule has 0 atom stereocenters. The lowest BCUT2D eigenvalue weighted by Gasteiger charge is -2.09. The monoisotopic (exact) mass is 404 g/mol. The molecule has 0 spiro atoms. The van der Waals surface area contributed by atoms with Crippen molar-refractivity contribution < 1.29 is 22.8 Å². The molecule has 0 aliphatic carbocycles. The zero-order chi connectivity index (χ0) is 21.0. The molecule has 0 saturated heterocycles. The quantitative estimate of drug-likeness (QED) is 0.607. The van der Waals surface area contributed by atoms with E-state index in [9.17, 15) is 22.8 Å². The third-order valence-electron chi connectivity index (χ3n) is 4.27. The summed E-state index contributed by atoms with van der Waals surface area (Å²) in [6.07, 6.45) is -1.13. The van der Waals surface area contributed by atoms with Gasteiger partial charge in [0.2, 0.25) is 0 Å². The molecule has 2 heterocycles. The van der Waals surface area contributed by atoms with Gasteiger partial charge in [0.25, 0.3) is 11.8 Å². The number of unbranched alkanes of at least 4 members (excludes halogenated alkanes) is 1. The molecule has 9 heteroatoms. The van der Waals surface area contributed by atoms with Gasteiger partial charge in [-0.3, -0.25) is 14.0 Å². The number of aromatic nitrogens is 2. The van der Waals surface area contributed by atoms with Crippen LogP contribution in [-0.4, -0.2) is 27.7 Å². The Morgan fingerprint density at radius 2 is 1.79 bits per heavy atom. The van der Waals surface area contributed by atoms with E-state index in [-0.39, 0.29) is 17.1 Å². The van der Waals surface area contributed by atoms with Gasteiger partial charge < -0.3 is 10.6 Å². The van der Waals surface area contributed by atoms with Crippen LogP contribution in [0.1, 0.15) is 46.2 Å². The lowest BCUT2D eigenvalue weighted by Crippen LogP contribution is -2.27. The van der Waals surface area contributed by atoms with Crippen LogP contribution < -0.4 is 10.6 Å². The summed E-state index contributed by atoms with van der Waals surface area (Å²) in [5.41, 5.74) is -0.224. The number of benzene rings is 1. The summed E-state index contributed by atoms with van der Waals surface area (Å²) in [4.78, 5) is 29.4. The van der Waals surface area contributed by atoms with Crippen molar-refractivity contribution in [2.75, 3.05) is 11.9 Å². The van der Waals surface area contributed by atoms with Crippen LogP contribution in [0.4, 0.5) is 19.0 Å². The summed E-state index contributed by atoms with van der Waals surface area (Å²) in [6, 6.07) is 8.95. The lowest BCUT2D eigenvalue weighted by atomic mass is 10.1. The van der Waals surface area contributed by atoms with Gasteiger partial charge in [-0.2, -0.15) is 13.2 Å². The molecular weight excluding hydrogens is 385 g/mol. The van der Waals surface area contributed by atoms with Crippen LogP contribution in [0.2, 0.25) is 0 Å². The molecule has 152 valence electrons. The summed E-state index contributed by atoms with van der Waals surface area (Å²) < 4.78 is 39.6. The van der Waals surface area contributed by atoms with Gasteiger partial charge in [0.1, 0.15) is 5.65 Å². The summed E-state index contributed by atoms with van der Waals surface area (Å²) in [5, 5.41) is 5.31. The largest absolute Gasteiger partial charge is 0.416 e. The second-order valence-electron chi connectivity index (χ2n) is 6.38. The van der Waals surface area contributed by atoms with Crippen LogP contribution in [0, 0.1) is 0 Å². The maximum absolute atomic E-state index is 12.7. The molecule has 2 N–H and O–H groups in total. The molecule has 2 aromatic heterocycles. The highest BCUT2D eigenvalue weighted by Gasteiger charge is 2.30. The SMILES string of the molecule is CCCCNC(=O)c1c(NC(=O)c2ccc(C(F)(F)F)cc2)nc2ccccn12. The van der Waals surface area contributed by atoms with Crippen molar-refractivity contribution in [3.05, 3.63) is 65.5 Å². The Bertz CT molecular complexity index is 1030. The van der Waals surface area contributed by atoms with E-state index in [0.717, 1.165) is 37.1 Å². The van der Waals surface area contributed by atoms with Crippen molar-refractivity contribution in [3.8, 4) is 0 Å². The van der Waals surface area contributed by atoms with Crippen LogP contribution in [0.3, 0.4) is 0 Å². The minimum atomic E-state index is -4.49. The predicted octanol–water partition coefficient (Wildman–Crippen LogP) is 4.14. The number of nitrogens with zero attached hydrogens (tertiary/aromatic N) is 2. The minimum Gasteiger partial charge on any atom is -0.351 e. The summed E-state index contributed by atoms with van der Waals surface area (Å²) >= 11 is 0. The predicted molar refractivity (Wildman–Crippen MR) is 102 cm³/mol. The number of hydrogen-bond donors (Lipinski definition) is 2. The van der Waals surface area contributed by atoms with Gasteiger partial charge in [-0.15, -0.1) is 0 Å². The first-order valence-electron chi connectivity index (χ1n) is 9.05. The average molecular weight is 404 g/mol. The number of hydrogen-bond acceptors (Lipinski definition) is 3. The third-order valence-corrected chi connectivity index (χ3v) is 4.27. The Morgan fingerprint density at radius 3 is 2.45 bits per heavy atom. The molecule has 0 radical (unpaired) electrons. The van der Waals surface area contributed by atoms with E-state index in [1.807, 2.05) is 6.92 Å². The molecule has 0 aliphatic rings. The van der Waals surface area contributed by atoms with Crippen molar-refractivity contribution in [1.82, 2.24) is 14.7 Å². The van der Waals surface area contributed by atoms with Crippen molar-refractivity contribution >= 4 is 23.3 Å². The molecule has 0 fully saturated rings. The van der Waals surface area contributed by atoms with E-state index in [1.54, 1.807) is 28.8 Å². The van der Waals surface area contributed by atoms with E-state index in [0.29, 0.717) is 12.2 Å². The molecule has 6 nitrogen and oxygen atoms in total. The van der Waals surface area contributed by atoms with E-state index in [1.165, 1.54) is 0 Å². The number of carbonyl (C=O) groups excluding carboxylic acids is 2. The van der Waals surface area contributed by atoms with Gasteiger partial charge in [-0.25, -0.2) is 4.98 Å². The molecule has 0 saturated carbocycles. The Hall–Kier alpha value is -3.36. The van der Waals surface area contributed by atoms with Crippen LogP contribution >= 0.6 is 0 Å². The highest BCUT2D eigenvalue weighted by atomic mass is 19.4. The Labute approximate surface area is 164 Å². The lowest BCUT2D eigenvalue weighted by molar-refractivity contribution is -0.137. The zero-order valence-electron chi connectivity index (χ0n) is 15.6. The number of carbonyl (C=O) groups is 2. The number of rotatable bonds is 6. The zero-order valence-corrected chi connectivity index (χ0v) is 15.6.